The van der Waals surface area contributed by atoms with E-state index in [2.05, 4.69) is 29.7 Å². The minimum absolute atomic E-state index is 0.295. The molecule has 4 aromatic rings. The van der Waals surface area contributed by atoms with Crippen LogP contribution in [0.25, 0.3) is 16.8 Å². The van der Waals surface area contributed by atoms with Crippen LogP contribution < -0.4 is 4.90 Å². The Hall–Kier alpha value is -3.29. The molecule has 31 heavy (non-hydrogen) atoms. The van der Waals surface area contributed by atoms with Crippen molar-refractivity contribution in [2.75, 3.05) is 11.4 Å². The molecule has 0 N–H and O–H groups in total. The summed E-state index contributed by atoms with van der Waals surface area (Å²) in [6.07, 6.45) is 8.42. The molecule has 0 radical (unpaired) electrons. The van der Waals surface area contributed by atoms with Crippen molar-refractivity contribution in [2.24, 2.45) is 5.92 Å². The topological polar surface area (TPSA) is 64.1 Å². The summed E-state index contributed by atoms with van der Waals surface area (Å²) >= 11 is 0. The third kappa shape index (κ3) is 3.00. The van der Waals surface area contributed by atoms with Gasteiger partial charge in [-0.1, -0.05) is 18.6 Å². The van der Waals surface area contributed by atoms with Gasteiger partial charge < -0.3 is 4.90 Å². The molecular weight excluding hydrogens is 393 g/mol. The zero-order chi connectivity index (χ0) is 20.9. The van der Waals surface area contributed by atoms with Gasteiger partial charge in [-0.3, -0.25) is 4.68 Å². The molecule has 1 fully saturated rings. The van der Waals surface area contributed by atoms with Gasteiger partial charge in [-0.05, 0) is 49.8 Å². The normalized spacial score (nSPS) is 16.5. The molecule has 1 aliphatic heterocycles. The van der Waals surface area contributed by atoms with Crippen molar-refractivity contribution in [3.8, 4) is 11.3 Å². The highest BCUT2D eigenvalue weighted by Crippen LogP contribution is 2.34. The van der Waals surface area contributed by atoms with E-state index in [9.17, 15) is 4.39 Å². The summed E-state index contributed by atoms with van der Waals surface area (Å²) in [7, 11) is 0. The fourth-order valence-electron chi connectivity index (χ4n) is 4.75. The van der Waals surface area contributed by atoms with Gasteiger partial charge in [0.15, 0.2) is 5.82 Å². The van der Waals surface area contributed by atoms with Gasteiger partial charge in [0, 0.05) is 18.7 Å². The van der Waals surface area contributed by atoms with Crippen LogP contribution in [-0.4, -0.2) is 35.9 Å². The predicted molar refractivity (Wildman–Crippen MR) is 115 cm³/mol. The highest BCUT2D eigenvalue weighted by Gasteiger charge is 2.28. The van der Waals surface area contributed by atoms with Crippen molar-refractivity contribution in [1.29, 1.82) is 0 Å². The number of hydrogen-bond donors (Lipinski definition) is 0. The monoisotopic (exact) mass is 417 g/mol. The lowest BCUT2D eigenvalue weighted by atomic mass is 9.85. The van der Waals surface area contributed by atoms with Crippen molar-refractivity contribution in [3.05, 3.63) is 59.7 Å². The second-order valence-electron chi connectivity index (χ2n) is 8.60. The van der Waals surface area contributed by atoms with E-state index in [-0.39, 0.29) is 5.82 Å². The Labute approximate surface area is 179 Å². The number of benzene rings is 1. The third-order valence-electron chi connectivity index (χ3n) is 6.69. The van der Waals surface area contributed by atoms with Crippen molar-refractivity contribution in [1.82, 2.24) is 29.4 Å². The number of anilines is 1. The van der Waals surface area contributed by atoms with Crippen LogP contribution in [0.2, 0.25) is 0 Å². The number of hydrogen-bond acceptors (Lipinski definition) is 5. The van der Waals surface area contributed by atoms with Crippen molar-refractivity contribution >= 4 is 11.3 Å². The largest absolute Gasteiger partial charge is 0.348 e. The Balaban J connectivity index is 1.43. The average Bonchev–Trinajstić information content (AvgIpc) is 3.31. The lowest BCUT2D eigenvalue weighted by Gasteiger charge is -2.31. The zero-order valence-electron chi connectivity index (χ0n) is 17.5. The standard InChI is InChI=1S/C23H24FN7/c1-15-28-21(18-7-2-3-8-19(18)24)22-23(25-14-27-31(15)22)29-10-9-17-11-26-30(20(17)13-29)12-16-5-4-6-16/h2-3,7-8,11,14,16H,4-6,9-10,12-13H2,1H3. The summed E-state index contributed by atoms with van der Waals surface area (Å²) in [5.74, 6) is 1.95. The van der Waals surface area contributed by atoms with E-state index in [0.717, 1.165) is 43.3 Å². The van der Waals surface area contributed by atoms with Crippen molar-refractivity contribution < 1.29 is 4.39 Å². The molecule has 4 heterocycles. The summed E-state index contributed by atoms with van der Waals surface area (Å²) in [4.78, 5) is 11.6. The maximum Gasteiger partial charge on any atom is 0.159 e. The Kier molecular flexibility index (Phi) is 4.26. The van der Waals surface area contributed by atoms with E-state index in [4.69, 9.17) is 0 Å². The molecule has 0 unspecified atom stereocenters. The summed E-state index contributed by atoms with van der Waals surface area (Å²) in [6, 6.07) is 6.74. The molecule has 8 heteroatoms. The average molecular weight is 417 g/mol. The van der Waals surface area contributed by atoms with E-state index in [0.29, 0.717) is 17.1 Å². The van der Waals surface area contributed by atoms with Gasteiger partial charge in [-0.15, -0.1) is 0 Å². The van der Waals surface area contributed by atoms with Gasteiger partial charge >= 0.3 is 0 Å². The van der Waals surface area contributed by atoms with Crippen molar-refractivity contribution in [2.45, 2.75) is 45.7 Å². The van der Waals surface area contributed by atoms with Gasteiger partial charge in [-0.2, -0.15) is 10.2 Å². The molecule has 7 nitrogen and oxygen atoms in total. The summed E-state index contributed by atoms with van der Waals surface area (Å²) < 4.78 is 18.6. The molecule has 2 aliphatic rings. The van der Waals surface area contributed by atoms with Gasteiger partial charge in [0.05, 0.1) is 18.4 Å². The molecule has 0 bridgehead atoms. The van der Waals surface area contributed by atoms with Crippen molar-refractivity contribution in [3.63, 3.8) is 0 Å². The highest BCUT2D eigenvalue weighted by atomic mass is 19.1. The fourth-order valence-corrected chi connectivity index (χ4v) is 4.75. The summed E-state index contributed by atoms with van der Waals surface area (Å²) in [6.45, 7) is 4.44. The molecule has 0 spiro atoms. The summed E-state index contributed by atoms with van der Waals surface area (Å²) in [5, 5.41) is 9.08. The molecular formula is C23H24FN7. The highest BCUT2D eigenvalue weighted by molar-refractivity contribution is 5.86. The van der Waals surface area contributed by atoms with Crippen LogP contribution in [0.3, 0.4) is 0 Å². The quantitative estimate of drug-likeness (QED) is 0.505. The summed E-state index contributed by atoms with van der Waals surface area (Å²) in [5.41, 5.74) is 4.38. The molecule has 0 saturated heterocycles. The van der Waals surface area contributed by atoms with E-state index in [1.807, 2.05) is 19.2 Å². The molecule has 1 aliphatic carbocycles. The molecule has 0 amide bonds. The smallest absolute Gasteiger partial charge is 0.159 e. The van der Waals surface area contributed by atoms with Gasteiger partial charge in [0.2, 0.25) is 0 Å². The zero-order valence-corrected chi connectivity index (χ0v) is 17.5. The van der Waals surface area contributed by atoms with E-state index < -0.39 is 0 Å². The first-order chi connectivity index (χ1) is 15.2. The SMILES string of the molecule is Cc1nc(-c2ccccc2F)c2c(N3CCc4cnn(CC5CCC5)c4C3)ncnn12. The maximum absolute atomic E-state index is 14.6. The first kappa shape index (κ1) is 18.5. The number of aryl methyl sites for hydroxylation is 1. The second kappa shape index (κ2) is 7.14. The Bertz CT molecular complexity index is 1270. The molecule has 158 valence electrons. The van der Waals surface area contributed by atoms with Crippen LogP contribution in [-0.2, 0) is 19.5 Å². The van der Waals surface area contributed by atoms with E-state index in [1.54, 1.807) is 23.0 Å². The van der Waals surface area contributed by atoms with Gasteiger partial charge in [-0.25, -0.2) is 18.9 Å². The number of fused-ring (bicyclic) bond motifs is 2. The predicted octanol–water partition coefficient (Wildman–Crippen LogP) is 3.80. The Morgan fingerprint density at radius 1 is 1.16 bits per heavy atom. The lowest BCUT2D eigenvalue weighted by Crippen LogP contribution is -2.33. The first-order valence-electron chi connectivity index (χ1n) is 10.9. The molecule has 1 saturated carbocycles. The Morgan fingerprint density at radius 3 is 2.84 bits per heavy atom. The fraction of sp³-hybridized carbons (Fsp3) is 0.391. The van der Waals surface area contributed by atoms with Crippen LogP contribution in [0.4, 0.5) is 10.2 Å². The molecule has 3 aromatic heterocycles. The molecule has 1 aromatic carbocycles. The second-order valence-corrected chi connectivity index (χ2v) is 8.60. The van der Waals surface area contributed by atoms with Crippen LogP contribution in [0.15, 0.2) is 36.8 Å². The number of imidazole rings is 1. The number of aromatic nitrogens is 6. The first-order valence-corrected chi connectivity index (χ1v) is 10.9. The Morgan fingerprint density at radius 2 is 2.03 bits per heavy atom. The maximum atomic E-state index is 14.6. The molecule has 0 atom stereocenters. The van der Waals surface area contributed by atoms with Crippen LogP contribution >= 0.6 is 0 Å². The van der Waals surface area contributed by atoms with Crippen LogP contribution in [0, 0.1) is 18.7 Å². The van der Waals surface area contributed by atoms with E-state index >= 15 is 0 Å². The van der Waals surface area contributed by atoms with E-state index in [1.165, 1.54) is 36.6 Å². The lowest BCUT2D eigenvalue weighted by molar-refractivity contribution is 0.263. The van der Waals surface area contributed by atoms with Gasteiger partial charge in [0.25, 0.3) is 0 Å². The van der Waals surface area contributed by atoms with Crippen LogP contribution in [0.1, 0.15) is 36.3 Å². The number of nitrogens with zero attached hydrogens (tertiary/aromatic N) is 7. The number of rotatable bonds is 4. The third-order valence-corrected chi connectivity index (χ3v) is 6.69. The molecule has 6 rings (SSSR count). The minimum Gasteiger partial charge on any atom is -0.348 e. The van der Waals surface area contributed by atoms with Gasteiger partial charge in [0.1, 0.15) is 29.2 Å². The minimum atomic E-state index is -0.295. The number of halogens is 1. The van der Waals surface area contributed by atoms with Crippen LogP contribution in [0.5, 0.6) is 0 Å².